The maximum atomic E-state index is 13.3. The molecule has 0 aliphatic heterocycles. The molecule has 1 aromatic heterocycles. The summed E-state index contributed by atoms with van der Waals surface area (Å²) < 4.78 is 27.6. The van der Waals surface area contributed by atoms with Crippen LogP contribution in [0, 0.1) is 11.6 Å². The number of nitrogens with one attached hydrogen (secondary N) is 1. The largest absolute Gasteiger partial charge is 0.310 e. The van der Waals surface area contributed by atoms with E-state index in [4.69, 9.17) is 0 Å². The van der Waals surface area contributed by atoms with Gasteiger partial charge in [-0.3, -0.25) is 0 Å². The predicted octanol–water partition coefficient (Wildman–Crippen LogP) is 5.07. The average Bonchev–Trinajstić information content (AvgIpc) is 2.79. The van der Waals surface area contributed by atoms with Gasteiger partial charge in [0.05, 0.1) is 0 Å². The molecule has 20 heavy (non-hydrogen) atoms. The molecule has 0 aliphatic rings. The second-order valence-electron chi connectivity index (χ2n) is 4.66. The second kappa shape index (κ2) is 7.29. The Hall–Kier alpha value is -0.780. The molecule has 1 unspecified atom stereocenters. The molecule has 0 saturated heterocycles. The SMILES string of the molecule is CCCNC(Cc1cc(F)cc(F)c1)c1cscc1Br. The van der Waals surface area contributed by atoms with Crippen molar-refractivity contribution in [1.82, 2.24) is 5.32 Å². The van der Waals surface area contributed by atoms with Crippen LogP contribution in [0.2, 0.25) is 0 Å². The van der Waals surface area contributed by atoms with Gasteiger partial charge in [0, 0.05) is 22.0 Å². The van der Waals surface area contributed by atoms with Gasteiger partial charge >= 0.3 is 0 Å². The first-order chi connectivity index (χ1) is 9.60. The molecular formula is C15H16BrF2NS. The lowest BCUT2D eigenvalue weighted by Crippen LogP contribution is -2.24. The molecule has 0 aliphatic carbocycles. The van der Waals surface area contributed by atoms with E-state index in [1.54, 1.807) is 11.3 Å². The maximum Gasteiger partial charge on any atom is 0.126 e. The van der Waals surface area contributed by atoms with Gasteiger partial charge in [-0.2, -0.15) is 11.3 Å². The van der Waals surface area contributed by atoms with E-state index >= 15 is 0 Å². The number of hydrogen-bond acceptors (Lipinski definition) is 2. The highest BCUT2D eigenvalue weighted by molar-refractivity contribution is 9.10. The number of benzene rings is 1. The van der Waals surface area contributed by atoms with Crippen LogP contribution in [0.3, 0.4) is 0 Å². The maximum absolute atomic E-state index is 13.3. The number of thiophene rings is 1. The van der Waals surface area contributed by atoms with Crippen molar-refractivity contribution in [2.75, 3.05) is 6.54 Å². The Bertz CT molecular complexity index is 551. The fourth-order valence-electron chi connectivity index (χ4n) is 2.12. The molecule has 1 atom stereocenters. The summed E-state index contributed by atoms with van der Waals surface area (Å²) in [5.41, 5.74) is 1.79. The number of hydrogen-bond donors (Lipinski definition) is 1. The summed E-state index contributed by atoms with van der Waals surface area (Å²) >= 11 is 5.13. The summed E-state index contributed by atoms with van der Waals surface area (Å²) in [6.45, 7) is 2.96. The van der Waals surface area contributed by atoms with Crippen LogP contribution in [0.1, 0.15) is 30.5 Å². The number of halogens is 3. The Morgan fingerprint density at radius 3 is 2.45 bits per heavy atom. The van der Waals surface area contributed by atoms with Crippen molar-refractivity contribution in [1.29, 1.82) is 0 Å². The zero-order valence-electron chi connectivity index (χ0n) is 11.1. The standard InChI is InChI=1S/C15H16BrF2NS/c1-2-3-19-15(13-8-20-9-14(13)16)6-10-4-11(17)7-12(18)5-10/h4-5,7-9,15,19H,2-3,6H2,1H3. The molecule has 0 radical (unpaired) electrons. The molecule has 1 N–H and O–H groups in total. The Labute approximate surface area is 130 Å². The van der Waals surface area contributed by atoms with E-state index in [1.807, 2.05) is 5.38 Å². The van der Waals surface area contributed by atoms with Gasteiger partial charge in [0.15, 0.2) is 0 Å². The van der Waals surface area contributed by atoms with Crippen molar-refractivity contribution in [3.05, 3.63) is 56.2 Å². The van der Waals surface area contributed by atoms with E-state index < -0.39 is 11.6 Å². The van der Waals surface area contributed by atoms with Gasteiger partial charge < -0.3 is 5.32 Å². The summed E-state index contributed by atoms with van der Waals surface area (Å²) in [7, 11) is 0. The molecule has 1 aromatic carbocycles. The summed E-state index contributed by atoms with van der Waals surface area (Å²) in [6.07, 6.45) is 1.57. The van der Waals surface area contributed by atoms with Crippen LogP contribution < -0.4 is 5.32 Å². The summed E-state index contributed by atoms with van der Waals surface area (Å²) in [5, 5.41) is 7.51. The van der Waals surface area contributed by atoms with Crippen LogP contribution in [0.15, 0.2) is 33.4 Å². The van der Waals surface area contributed by atoms with E-state index in [-0.39, 0.29) is 6.04 Å². The van der Waals surface area contributed by atoms with E-state index in [0.29, 0.717) is 12.0 Å². The normalized spacial score (nSPS) is 12.6. The van der Waals surface area contributed by atoms with Crippen molar-refractivity contribution in [3.63, 3.8) is 0 Å². The van der Waals surface area contributed by atoms with Crippen molar-refractivity contribution in [3.8, 4) is 0 Å². The quantitative estimate of drug-likeness (QED) is 0.758. The van der Waals surface area contributed by atoms with E-state index in [9.17, 15) is 8.78 Å². The third kappa shape index (κ3) is 4.11. The Kier molecular flexibility index (Phi) is 5.69. The third-order valence-electron chi connectivity index (χ3n) is 3.02. The first-order valence-corrected chi connectivity index (χ1v) is 8.23. The monoisotopic (exact) mass is 359 g/mol. The van der Waals surface area contributed by atoms with Crippen molar-refractivity contribution in [2.45, 2.75) is 25.8 Å². The smallest absolute Gasteiger partial charge is 0.126 e. The lowest BCUT2D eigenvalue weighted by molar-refractivity contribution is 0.522. The molecule has 0 saturated carbocycles. The summed E-state index contributed by atoms with van der Waals surface area (Å²) in [5.74, 6) is -1.06. The van der Waals surface area contributed by atoms with E-state index in [0.717, 1.165) is 29.1 Å². The molecule has 0 bridgehead atoms. The average molecular weight is 360 g/mol. The minimum absolute atomic E-state index is 0.0526. The molecule has 0 amide bonds. The van der Waals surface area contributed by atoms with Crippen LogP contribution in [0.4, 0.5) is 8.78 Å². The highest BCUT2D eigenvalue weighted by Crippen LogP contribution is 2.29. The molecule has 2 rings (SSSR count). The van der Waals surface area contributed by atoms with Crippen molar-refractivity contribution in [2.24, 2.45) is 0 Å². The topological polar surface area (TPSA) is 12.0 Å². The van der Waals surface area contributed by atoms with E-state index in [2.05, 4.69) is 33.6 Å². The van der Waals surface area contributed by atoms with Gasteiger partial charge in [-0.15, -0.1) is 0 Å². The molecule has 5 heteroatoms. The minimum atomic E-state index is -0.529. The van der Waals surface area contributed by atoms with Crippen molar-refractivity contribution >= 4 is 27.3 Å². The highest BCUT2D eigenvalue weighted by Gasteiger charge is 2.16. The molecule has 1 nitrogen and oxygen atoms in total. The van der Waals surface area contributed by atoms with Gasteiger partial charge in [0.25, 0.3) is 0 Å². The first kappa shape index (κ1) is 15.6. The lowest BCUT2D eigenvalue weighted by atomic mass is 10.0. The van der Waals surface area contributed by atoms with Gasteiger partial charge in [0.2, 0.25) is 0 Å². The van der Waals surface area contributed by atoms with Gasteiger partial charge in [-0.25, -0.2) is 8.78 Å². The lowest BCUT2D eigenvalue weighted by Gasteiger charge is -2.18. The van der Waals surface area contributed by atoms with Crippen LogP contribution >= 0.6 is 27.3 Å². The molecule has 0 spiro atoms. The Morgan fingerprint density at radius 1 is 1.20 bits per heavy atom. The number of rotatable bonds is 6. The fourth-order valence-corrected chi connectivity index (χ4v) is 3.74. The van der Waals surface area contributed by atoms with Crippen LogP contribution in [0.25, 0.3) is 0 Å². The summed E-state index contributed by atoms with van der Waals surface area (Å²) in [4.78, 5) is 0. The van der Waals surface area contributed by atoms with E-state index in [1.165, 1.54) is 12.1 Å². The van der Waals surface area contributed by atoms with Gasteiger partial charge in [-0.1, -0.05) is 6.92 Å². The molecule has 1 heterocycles. The molecule has 108 valence electrons. The third-order valence-corrected chi connectivity index (χ3v) is 4.77. The Morgan fingerprint density at radius 2 is 1.90 bits per heavy atom. The molecule has 0 fully saturated rings. The molecule has 2 aromatic rings. The zero-order chi connectivity index (χ0) is 14.5. The van der Waals surface area contributed by atoms with Crippen LogP contribution in [-0.4, -0.2) is 6.54 Å². The van der Waals surface area contributed by atoms with Crippen LogP contribution in [0.5, 0.6) is 0 Å². The zero-order valence-corrected chi connectivity index (χ0v) is 13.5. The van der Waals surface area contributed by atoms with Crippen LogP contribution in [-0.2, 0) is 6.42 Å². The first-order valence-electron chi connectivity index (χ1n) is 6.50. The summed E-state index contributed by atoms with van der Waals surface area (Å²) in [6, 6.07) is 3.74. The predicted molar refractivity (Wildman–Crippen MR) is 83.1 cm³/mol. The Balaban J connectivity index is 2.21. The van der Waals surface area contributed by atoms with Crippen molar-refractivity contribution < 1.29 is 8.78 Å². The fraction of sp³-hybridized carbons (Fsp3) is 0.333. The van der Waals surface area contributed by atoms with Gasteiger partial charge in [0.1, 0.15) is 11.6 Å². The highest BCUT2D eigenvalue weighted by atomic mass is 79.9. The molecular weight excluding hydrogens is 344 g/mol. The minimum Gasteiger partial charge on any atom is -0.310 e. The second-order valence-corrected chi connectivity index (χ2v) is 6.26. The van der Waals surface area contributed by atoms with Gasteiger partial charge in [-0.05, 0) is 64.0 Å².